The van der Waals surface area contributed by atoms with E-state index in [9.17, 15) is 26.4 Å². The first kappa shape index (κ1) is 21.9. The lowest BCUT2D eigenvalue weighted by molar-refractivity contribution is -0.141. The van der Waals surface area contributed by atoms with Crippen LogP contribution in [0, 0.1) is 6.92 Å². The summed E-state index contributed by atoms with van der Waals surface area (Å²) in [5.74, 6) is -0.502. The van der Waals surface area contributed by atoms with Gasteiger partial charge in [-0.2, -0.15) is 28.5 Å². The minimum atomic E-state index is -4.58. The van der Waals surface area contributed by atoms with Gasteiger partial charge in [0.1, 0.15) is 6.54 Å². The summed E-state index contributed by atoms with van der Waals surface area (Å²) < 4.78 is 63.7. The number of fused-ring (bicyclic) bond motifs is 1. The maximum absolute atomic E-state index is 12.6. The molecule has 0 spiro atoms. The second kappa shape index (κ2) is 8.00. The molecule has 3 aromatic rings. The Balaban J connectivity index is 1.42. The third-order valence-electron chi connectivity index (χ3n) is 4.95. The lowest BCUT2D eigenvalue weighted by Crippen LogP contribution is -2.23. The molecule has 1 unspecified atom stereocenters. The van der Waals surface area contributed by atoms with Crippen LogP contribution in [-0.4, -0.2) is 56.6 Å². The van der Waals surface area contributed by atoms with Gasteiger partial charge in [0.2, 0.25) is 0 Å². The minimum absolute atomic E-state index is 0.0286. The summed E-state index contributed by atoms with van der Waals surface area (Å²) in [5.41, 5.74) is 2.93. The summed E-state index contributed by atoms with van der Waals surface area (Å²) >= 11 is 0. The molecule has 170 valence electrons. The van der Waals surface area contributed by atoms with E-state index in [1.165, 1.54) is 12.4 Å². The van der Waals surface area contributed by atoms with E-state index in [0.29, 0.717) is 23.3 Å². The number of sulfone groups is 1. The van der Waals surface area contributed by atoms with Crippen LogP contribution in [0.2, 0.25) is 0 Å². The predicted octanol–water partition coefficient (Wildman–Crippen LogP) is 1.46. The molecule has 0 bridgehead atoms. The van der Waals surface area contributed by atoms with Crippen LogP contribution in [-0.2, 0) is 27.4 Å². The summed E-state index contributed by atoms with van der Waals surface area (Å²) in [6.45, 7) is 1.35. The predicted molar refractivity (Wildman–Crippen MR) is 108 cm³/mol. The second-order valence-corrected chi connectivity index (χ2v) is 9.64. The lowest BCUT2D eigenvalue weighted by Gasteiger charge is -2.09. The number of aromatic nitrogens is 5. The first-order valence-electron chi connectivity index (χ1n) is 9.50. The molecule has 32 heavy (non-hydrogen) atoms. The maximum Gasteiger partial charge on any atom is 0.435 e. The Morgan fingerprint density at radius 3 is 2.81 bits per heavy atom. The Kier molecular flexibility index (Phi) is 5.48. The quantitative estimate of drug-likeness (QED) is 0.446. The van der Waals surface area contributed by atoms with Crippen molar-refractivity contribution >= 4 is 33.0 Å². The standard InChI is InChI=1S/C18H18F3N7O3S/c1-11-14-6-12(7-22-17(14)28(25-11)13-3-5-32(30,31)10-13)8-23-24-16(29)9-27-4-2-15(26-27)18(19,20)21/h2,4,6-8,13H,3,5,9-10H2,1H3,(H,24,29)/b23-8+. The van der Waals surface area contributed by atoms with E-state index in [-0.39, 0.29) is 17.5 Å². The number of pyridine rings is 1. The van der Waals surface area contributed by atoms with E-state index in [0.717, 1.165) is 22.3 Å². The van der Waals surface area contributed by atoms with Gasteiger partial charge < -0.3 is 0 Å². The molecule has 0 aliphatic carbocycles. The van der Waals surface area contributed by atoms with E-state index in [1.54, 1.807) is 17.7 Å². The number of nitrogens with one attached hydrogen (secondary N) is 1. The Hall–Kier alpha value is -3.29. The van der Waals surface area contributed by atoms with Crippen molar-refractivity contribution in [1.82, 2.24) is 30.0 Å². The highest BCUT2D eigenvalue weighted by atomic mass is 32.2. The molecule has 0 saturated carbocycles. The highest BCUT2D eigenvalue weighted by Crippen LogP contribution is 2.28. The fourth-order valence-electron chi connectivity index (χ4n) is 3.44. The molecule has 4 rings (SSSR count). The molecule has 4 heterocycles. The fraction of sp³-hybridized carbons (Fsp3) is 0.389. The molecule has 10 nitrogen and oxygen atoms in total. The highest BCUT2D eigenvalue weighted by Gasteiger charge is 2.33. The van der Waals surface area contributed by atoms with Gasteiger partial charge in [-0.25, -0.2) is 23.5 Å². The summed E-state index contributed by atoms with van der Waals surface area (Å²) in [5, 5.41) is 12.3. The monoisotopic (exact) mass is 469 g/mol. The Labute approximate surface area is 180 Å². The van der Waals surface area contributed by atoms with Crippen molar-refractivity contribution in [2.24, 2.45) is 5.10 Å². The number of halogens is 3. The summed E-state index contributed by atoms with van der Waals surface area (Å²) in [6.07, 6.45) is -0.201. The Morgan fingerprint density at radius 2 is 2.16 bits per heavy atom. The summed E-state index contributed by atoms with van der Waals surface area (Å²) in [6, 6.07) is 2.27. The molecule has 14 heteroatoms. The van der Waals surface area contributed by atoms with Crippen molar-refractivity contribution in [3.8, 4) is 0 Å². The molecule has 1 aliphatic rings. The molecule has 3 aromatic heterocycles. The number of aryl methyl sites for hydroxylation is 1. The number of hydrogen-bond acceptors (Lipinski definition) is 7. The van der Waals surface area contributed by atoms with Gasteiger partial charge in [-0.15, -0.1) is 0 Å². The average Bonchev–Trinajstić information content (AvgIpc) is 3.39. The first-order chi connectivity index (χ1) is 15.0. The number of carbonyl (C=O) groups is 1. The van der Waals surface area contributed by atoms with Gasteiger partial charge in [-0.05, 0) is 25.5 Å². The molecule has 1 N–H and O–H groups in total. The number of carbonyl (C=O) groups excluding carboxylic acids is 1. The molecule has 0 aromatic carbocycles. The number of hydrogen-bond donors (Lipinski definition) is 1. The fourth-order valence-corrected chi connectivity index (χ4v) is 5.13. The molecule has 1 aliphatic heterocycles. The smallest absolute Gasteiger partial charge is 0.271 e. The summed E-state index contributed by atoms with van der Waals surface area (Å²) in [4.78, 5) is 16.3. The van der Waals surface area contributed by atoms with Crippen LogP contribution in [0.3, 0.4) is 0 Å². The van der Waals surface area contributed by atoms with Crippen molar-refractivity contribution in [1.29, 1.82) is 0 Å². The molecule has 1 atom stereocenters. The van der Waals surface area contributed by atoms with Gasteiger partial charge in [0.15, 0.2) is 21.2 Å². The Morgan fingerprint density at radius 1 is 1.38 bits per heavy atom. The van der Waals surface area contributed by atoms with Gasteiger partial charge in [-0.3, -0.25) is 9.48 Å². The van der Waals surface area contributed by atoms with Gasteiger partial charge >= 0.3 is 6.18 Å². The SMILES string of the molecule is Cc1nn(C2CCS(=O)(=O)C2)c2ncc(/C=N/NC(=O)Cn3ccc(C(F)(F)F)n3)cc12. The first-order valence-corrected chi connectivity index (χ1v) is 11.3. The van der Waals surface area contributed by atoms with Crippen molar-refractivity contribution in [3.63, 3.8) is 0 Å². The van der Waals surface area contributed by atoms with Crippen molar-refractivity contribution in [2.75, 3.05) is 11.5 Å². The van der Waals surface area contributed by atoms with Gasteiger partial charge in [0.25, 0.3) is 5.91 Å². The average molecular weight is 469 g/mol. The van der Waals surface area contributed by atoms with E-state index in [2.05, 4.69) is 25.7 Å². The molecular formula is C18H18F3N7O3S. The molecule has 1 saturated heterocycles. The minimum Gasteiger partial charge on any atom is -0.271 e. The number of hydrazone groups is 1. The Bertz CT molecular complexity index is 1310. The van der Waals surface area contributed by atoms with Gasteiger partial charge in [0, 0.05) is 23.3 Å². The van der Waals surface area contributed by atoms with Crippen LogP contribution in [0.25, 0.3) is 11.0 Å². The molecule has 0 radical (unpaired) electrons. The van der Waals surface area contributed by atoms with E-state index >= 15 is 0 Å². The van der Waals surface area contributed by atoms with Crippen molar-refractivity contribution < 1.29 is 26.4 Å². The second-order valence-electron chi connectivity index (χ2n) is 7.42. The highest BCUT2D eigenvalue weighted by molar-refractivity contribution is 7.91. The van der Waals surface area contributed by atoms with Crippen LogP contribution in [0.5, 0.6) is 0 Å². The molecule has 1 fully saturated rings. The van der Waals surface area contributed by atoms with Crippen LogP contribution in [0.15, 0.2) is 29.6 Å². The molecular weight excluding hydrogens is 451 g/mol. The lowest BCUT2D eigenvalue weighted by atomic mass is 10.2. The van der Waals surface area contributed by atoms with Crippen LogP contribution in [0.4, 0.5) is 13.2 Å². The largest absolute Gasteiger partial charge is 0.435 e. The van der Waals surface area contributed by atoms with Gasteiger partial charge in [-0.1, -0.05) is 0 Å². The maximum atomic E-state index is 12.6. The number of nitrogens with zero attached hydrogens (tertiary/aromatic N) is 6. The zero-order valence-corrected chi connectivity index (χ0v) is 17.6. The van der Waals surface area contributed by atoms with Crippen LogP contribution >= 0.6 is 0 Å². The number of rotatable bonds is 5. The van der Waals surface area contributed by atoms with E-state index in [4.69, 9.17) is 0 Å². The third-order valence-corrected chi connectivity index (χ3v) is 6.70. The van der Waals surface area contributed by atoms with Crippen LogP contribution < -0.4 is 5.43 Å². The van der Waals surface area contributed by atoms with Crippen molar-refractivity contribution in [3.05, 3.63) is 41.5 Å². The zero-order valence-electron chi connectivity index (χ0n) is 16.7. The van der Waals surface area contributed by atoms with Crippen molar-refractivity contribution in [2.45, 2.75) is 32.1 Å². The molecule has 1 amide bonds. The summed E-state index contributed by atoms with van der Waals surface area (Å²) in [7, 11) is -3.07. The van der Waals surface area contributed by atoms with E-state index < -0.39 is 34.2 Å². The normalized spacial score (nSPS) is 18.6. The zero-order chi connectivity index (χ0) is 23.1. The number of alkyl halides is 3. The number of amides is 1. The van der Waals surface area contributed by atoms with Gasteiger partial charge in [0.05, 0.1) is 29.5 Å². The third kappa shape index (κ3) is 4.64. The van der Waals surface area contributed by atoms with Crippen LogP contribution in [0.1, 0.15) is 29.4 Å². The topological polar surface area (TPSA) is 124 Å². The van der Waals surface area contributed by atoms with E-state index in [1.807, 2.05) is 0 Å².